The fourth-order valence-electron chi connectivity index (χ4n) is 12.4. The zero-order valence-electron chi connectivity index (χ0n) is 49.0. The molecule has 0 atom stereocenters. The lowest BCUT2D eigenvalue weighted by Gasteiger charge is -2.36. The largest absolute Gasteiger partial charge is 0.404 e. The van der Waals surface area contributed by atoms with E-state index < -0.39 is 52.0 Å². The summed E-state index contributed by atoms with van der Waals surface area (Å²) in [5.74, 6) is -1.57. The maximum atomic E-state index is 12.7. The van der Waals surface area contributed by atoms with Crippen LogP contribution in [0.15, 0.2) is 97.6 Å². The Hall–Kier alpha value is -6.61. The second kappa shape index (κ2) is 26.5. The highest BCUT2D eigenvalue weighted by molar-refractivity contribution is 7.90. The van der Waals surface area contributed by atoms with Gasteiger partial charge < -0.3 is 19.6 Å². The molecule has 4 aliphatic heterocycles. The molecule has 8 aromatic rings. The first kappa shape index (κ1) is 63.0. The Balaban J connectivity index is 0.000000121. The Labute approximate surface area is 510 Å². The van der Waals surface area contributed by atoms with Crippen LogP contribution in [0.1, 0.15) is 51.9 Å². The average molecular weight is 1300 g/mol. The van der Waals surface area contributed by atoms with Crippen molar-refractivity contribution < 1.29 is 46.8 Å². The Morgan fingerprint density at radius 2 is 0.693 bits per heavy atom. The van der Waals surface area contributed by atoms with Gasteiger partial charge in [0.15, 0.2) is 5.75 Å². The van der Waals surface area contributed by atoms with E-state index in [1.807, 2.05) is 85.0 Å². The molecule has 88 heavy (non-hydrogen) atoms. The fraction of sp³-hybridized carbons (Fsp3) is 0.509. The summed E-state index contributed by atoms with van der Waals surface area (Å²) in [5.41, 5.74) is 8.17. The van der Waals surface area contributed by atoms with E-state index in [9.17, 15) is 46.8 Å². The van der Waals surface area contributed by atoms with Gasteiger partial charge in [0.2, 0.25) is 40.1 Å². The molecule has 0 amide bonds. The van der Waals surface area contributed by atoms with Crippen molar-refractivity contribution in [2.24, 2.45) is 0 Å². The second-order valence-electron chi connectivity index (χ2n) is 22.9. The Morgan fingerprint density at radius 3 is 0.977 bits per heavy atom. The molecule has 4 aromatic heterocycles. The number of sulfonamides is 4. The minimum Gasteiger partial charge on any atom is -0.368 e. The number of hydrogen-bond acceptors (Lipinski definition) is 16. The van der Waals surface area contributed by atoms with Gasteiger partial charge >= 0.3 is 6.18 Å². The molecule has 4 aromatic carbocycles. The van der Waals surface area contributed by atoms with Gasteiger partial charge in [-0.25, -0.2) is 33.7 Å². The van der Waals surface area contributed by atoms with Crippen LogP contribution < -0.4 is 19.6 Å². The van der Waals surface area contributed by atoms with Crippen LogP contribution in [0.2, 0.25) is 0 Å². The number of fused-ring (bicyclic) bond motifs is 4. The maximum Gasteiger partial charge on any atom is 0.404 e. The van der Waals surface area contributed by atoms with Gasteiger partial charge in [-0.3, -0.25) is 20.4 Å². The highest BCUT2D eigenvalue weighted by atomic mass is 32.2. The third-order valence-corrected chi connectivity index (χ3v) is 25.9. The van der Waals surface area contributed by atoms with Gasteiger partial charge in [-0.15, -0.1) is 0 Å². The zero-order chi connectivity index (χ0) is 61.8. The van der Waals surface area contributed by atoms with Crippen molar-refractivity contribution in [1.29, 1.82) is 0 Å². The van der Waals surface area contributed by atoms with Crippen molar-refractivity contribution in [3.63, 3.8) is 0 Å². The van der Waals surface area contributed by atoms with Crippen molar-refractivity contribution in [2.75, 3.05) is 136 Å². The van der Waals surface area contributed by atoms with Crippen LogP contribution in [0, 0.1) is 0 Å². The molecule has 4 saturated heterocycles. The van der Waals surface area contributed by atoms with Crippen LogP contribution >= 0.6 is 0 Å². The van der Waals surface area contributed by atoms with Gasteiger partial charge in [0.25, 0.3) is 0 Å². The minimum absolute atomic E-state index is 0.0344. The lowest BCUT2D eigenvalue weighted by Crippen LogP contribution is -2.50. The number of hydrogen-bond donors (Lipinski definition) is 4. The van der Waals surface area contributed by atoms with Crippen molar-refractivity contribution in [2.45, 2.75) is 68.5 Å². The molecular weight excluding hydrogens is 1220 g/mol. The predicted octanol–water partition coefficient (Wildman–Crippen LogP) is 6.14. The summed E-state index contributed by atoms with van der Waals surface area (Å²) in [4.78, 5) is 8.70. The first-order chi connectivity index (χ1) is 42.2. The molecule has 4 N–H and O–H groups in total. The van der Waals surface area contributed by atoms with Gasteiger partial charge in [-0.2, -0.15) is 50.8 Å². The molecule has 476 valence electrons. The molecule has 31 heteroatoms. The molecule has 2 aliphatic carbocycles. The number of rotatable bonds is 13. The zero-order valence-corrected chi connectivity index (χ0v) is 52.2. The van der Waals surface area contributed by atoms with Gasteiger partial charge in [0.05, 0.1) is 63.1 Å². The van der Waals surface area contributed by atoms with E-state index in [2.05, 4.69) is 73.7 Å². The van der Waals surface area contributed by atoms with Crippen LogP contribution in [-0.4, -0.2) is 225 Å². The van der Waals surface area contributed by atoms with E-state index in [1.54, 1.807) is 19.1 Å². The molecule has 0 bridgehead atoms. The van der Waals surface area contributed by atoms with Gasteiger partial charge in [0, 0.05) is 149 Å². The van der Waals surface area contributed by atoms with E-state index in [4.69, 9.17) is 0 Å². The number of nitrogens with one attached hydrogen (secondary N) is 4. The summed E-state index contributed by atoms with van der Waals surface area (Å²) in [5, 5.41) is 31.9. The van der Waals surface area contributed by atoms with Gasteiger partial charge in [-0.1, -0.05) is 44.0 Å². The monoisotopic (exact) mass is 1300 g/mol. The summed E-state index contributed by atoms with van der Waals surface area (Å²) in [6.07, 6.45) is 8.53. The van der Waals surface area contributed by atoms with Crippen LogP contribution in [0.25, 0.3) is 43.6 Å². The van der Waals surface area contributed by atoms with Crippen molar-refractivity contribution in [3.8, 4) is 0 Å². The number of piperazine rings is 4. The smallest absolute Gasteiger partial charge is 0.368 e. The number of anilines is 4. The second-order valence-corrected chi connectivity index (χ2v) is 31.3. The Morgan fingerprint density at radius 1 is 0.409 bits per heavy atom. The number of aromatic nitrogens is 8. The summed E-state index contributed by atoms with van der Waals surface area (Å²) < 4.78 is 141. The van der Waals surface area contributed by atoms with E-state index in [0.29, 0.717) is 71.9 Å². The average Bonchev–Trinajstić information content (AvgIpc) is 4.11. The molecule has 8 heterocycles. The third-order valence-electron chi connectivity index (χ3n) is 17.1. The normalized spacial score (nSPS) is 19.4. The fourth-order valence-corrected chi connectivity index (χ4v) is 19.0. The topological polar surface area (TPSA) is 277 Å². The van der Waals surface area contributed by atoms with E-state index in [-0.39, 0.29) is 29.3 Å². The third kappa shape index (κ3) is 14.2. The molecule has 6 fully saturated rings. The predicted molar refractivity (Wildman–Crippen MR) is 337 cm³/mol. The quantitative estimate of drug-likeness (QED) is 0.101. The summed E-state index contributed by atoms with van der Waals surface area (Å²) in [6.45, 7) is 10.4. The van der Waals surface area contributed by atoms with E-state index >= 15 is 0 Å². The summed E-state index contributed by atoms with van der Waals surface area (Å²) in [7, 11) is -13.5. The molecule has 0 spiro atoms. The molecular formula is C57H75F3N16O8S4. The highest BCUT2D eigenvalue weighted by Crippen LogP contribution is 2.35. The SMILES string of the molecule is CCCS(=O)(=O)N1CCN(c2cccc3[nH]ncc23)CC1.O=S(=O)(C1CC1)N1CCN(c2cccc3[nH]ncc23)CC1.O=S(=O)(C1CCCC1)N1CCN(c2cccc3[nH]ncc23)CC1.O=S(=O)(CC(F)(F)F)N1CCN(c2cccc3[nH]ncc23)CC1. The molecule has 0 unspecified atom stereocenters. The number of H-pyrrole nitrogens is 4. The standard InChI is InChI=1S/C16H22N4O2S.C14H18N4O2S.C14H20N4O2S.C13H15F3N4O2S/c21-23(22,13-4-1-2-5-13)20-10-8-19(9-11-20)16-7-3-6-15-14(16)12-17-18-15;19-21(20,11-4-5-11)18-8-6-17(7-9-18)14-3-1-2-13-12(14)10-15-16-13;1-2-10-21(19,20)18-8-6-17(7-9-18)14-5-3-4-13-12(14)11-15-16-13;14-13(15,16)9-23(21,22)20-6-4-19(5-7-20)12-3-1-2-11-10(12)8-17-18-11/h3,6-7,12-13H,1-2,4-5,8-11H2,(H,17,18);1-3,10-11H,4-9H2,(H,15,16);3-5,11H,2,6-10H2,1H3,(H,15,16);1-3,8H,4-7,9H2,(H,17,18). The lowest BCUT2D eigenvalue weighted by molar-refractivity contribution is -0.107. The van der Waals surface area contributed by atoms with Crippen LogP contribution in [0.5, 0.6) is 0 Å². The number of nitrogens with zero attached hydrogens (tertiary/aromatic N) is 12. The number of alkyl halides is 3. The Bertz CT molecular complexity index is 4120. The molecule has 6 aliphatic rings. The van der Waals surface area contributed by atoms with Crippen molar-refractivity contribution in [1.82, 2.24) is 58.0 Å². The number of aromatic amines is 4. The molecule has 24 nitrogen and oxygen atoms in total. The summed E-state index contributed by atoms with van der Waals surface area (Å²) in [6, 6.07) is 23.8. The van der Waals surface area contributed by atoms with Gasteiger partial charge in [-0.05, 0) is 80.6 Å². The molecule has 2 saturated carbocycles. The Kier molecular flexibility index (Phi) is 18.9. The van der Waals surface area contributed by atoms with Crippen LogP contribution in [0.4, 0.5) is 35.9 Å². The van der Waals surface area contributed by atoms with Gasteiger partial charge in [0.1, 0.15) is 0 Å². The molecule has 0 radical (unpaired) electrons. The van der Waals surface area contributed by atoms with Crippen molar-refractivity contribution >= 4 is 106 Å². The number of halogens is 3. The minimum atomic E-state index is -4.72. The lowest BCUT2D eigenvalue weighted by atomic mass is 10.2. The highest BCUT2D eigenvalue weighted by Gasteiger charge is 2.42. The first-order valence-electron chi connectivity index (χ1n) is 29.9. The van der Waals surface area contributed by atoms with Crippen LogP contribution in [-0.2, 0) is 40.1 Å². The molecule has 14 rings (SSSR count). The van der Waals surface area contributed by atoms with Crippen molar-refractivity contribution in [3.05, 3.63) is 97.6 Å². The summed E-state index contributed by atoms with van der Waals surface area (Å²) >= 11 is 0. The number of benzene rings is 4. The van der Waals surface area contributed by atoms with E-state index in [0.717, 1.165) is 135 Å². The maximum absolute atomic E-state index is 12.7. The van der Waals surface area contributed by atoms with Crippen LogP contribution in [0.3, 0.4) is 0 Å². The first-order valence-corrected chi connectivity index (χ1v) is 36.1. The van der Waals surface area contributed by atoms with E-state index in [1.165, 1.54) is 0 Å².